The molecule has 26 heavy (non-hydrogen) atoms. The molecule has 0 radical (unpaired) electrons. The van der Waals surface area contributed by atoms with Crippen molar-refractivity contribution in [3.63, 3.8) is 0 Å². The summed E-state index contributed by atoms with van der Waals surface area (Å²) in [4.78, 5) is 43.0. The van der Waals surface area contributed by atoms with Gasteiger partial charge in [0.25, 0.3) is 5.56 Å². The quantitative estimate of drug-likeness (QED) is 0.344. The molecule has 142 valence electrons. The number of anilines is 3. The summed E-state index contributed by atoms with van der Waals surface area (Å²) in [5.74, 6) is -0.297. The molecule has 1 aromatic rings. The van der Waals surface area contributed by atoms with Crippen LogP contribution in [-0.4, -0.2) is 46.2 Å². The molecular formula is C15H20BrN5O5. The van der Waals surface area contributed by atoms with Gasteiger partial charge in [-0.3, -0.25) is 19.4 Å². The third kappa shape index (κ3) is 3.48. The molecule has 1 aliphatic carbocycles. The number of fused-ring (bicyclic) bond motifs is 1. The minimum atomic E-state index is -0.379. The number of halogens is 1. The average Bonchev–Trinajstić information content (AvgIpc) is 2.83. The molecule has 0 spiro atoms. The third-order valence-corrected chi connectivity index (χ3v) is 5.32. The van der Waals surface area contributed by atoms with Crippen LogP contribution in [0.4, 0.5) is 17.5 Å². The van der Waals surface area contributed by atoms with Crippen molar-refractivity contribution in [1.82, 2.24) is 9.97 Å². The van der Waals surface area contributed by atoms with Gasteiger partial charge in [-0.15, -0.1) is 0 Å². The number of nitrogen functional groups attached to an aromatic ring is 1. The Morgan fingerprint density at radius 2 is 1.96 bits per heavy atom. The molecule has 4 unspecified atom stereocenters. The fourth-order valence-electron chi connectivity index (χ4n) is 3.39. The normalized spacial score (nSPS) is 26.5. The van der Waals surface area contributed by atoms with Crippen LogP contribution in [0.5, 0.6) is 0 Å². The second-order valence-corrected chi connectivity index (χ2v) is 7.24. The smallest absolute Gasteiger partial charge is 0.302 e. The molecular weight excluding hydrogens is 410 g/mol. The van der Waals surface area contributed by atoms with Crippen LogP contribution < -0.4 is 21.5 Å². The molecule has 1 fully saturated rings. The lowest BCUT2D eigenvalue weighted by Crippen LogP contribution is -2.57. The molecule has 0 amide bonds. The highest BCUT2D eigenvalue weighted by Gasteiger charge is 2.49. The second-order valence-electron chi connectivity index (χ2n) is 6.37. The predicted molar refractivity (Wildman–Crippen MR) is 96.7 cm³/mol. The summed E-state index contributed by atoms with van der Waals surface area (Å²) in [5.41, 5.74) is 5.65. The Morgan fingerprint density at radius 1 is 1.31 bits per heavy atom. The average molecular weight is 430 g/mol. The lowest BCUT2D eigenvalue weighted by molar-refractivity contribution is -0.150. The van der Waals surface area contributed by atoms with Gasteiger partial charge in [-0.25, -0.2) is 0 Å². The Labute approximate surface area is 157 Å². The van der Waals surface area contributed by atoms with Gasteiger partial charge in [0, 0.05) is 31.7 Å². The van der Waals surface area contributed by atoms with E-state index in [4.69, 9.17) is 15.2 Å². The summed E-state index contributed by atoms with van der Waals surface area (Å²) < 4.78 is 10.3. The van der Waals surface area contributed by atoms with E-state index in [9.17, 15) is 14.4 Å². The van der Waals surface area contributed by atoms with Gasteiger partial charge in [-0.1, -0.05) is 0 Å². The maximum Gasteiger partial charge on any atom is 0.302 e. The van der Waals surface area contributed by atoms with Crippen LogP contribution in [-0.2, 0) is 19.1 Å². The number of esters is 2. The van der Waals surface area contributed by atoms with Gasteiger partial charge in [-0.05, 0) is 22.4 Å². The largest absolute Gasteiger partial charge is 0.466 e. The van der Waals surface area contributed by atoms with Crippen molar-refractivity contribution in [2.24, 2.45) is 11.8 Å². The standard InChI is InChI=1S/C15H20BrN5O5/c1-6(22)25-4-8-3-10(9(8)5-26-7(2)23)21-12-11(18-14(21)16)13(24)20-15(17)19-12/h8-10,14,18H,3-5H2,1-2H3,(H3,17,19,20,24). The maximum atomic E-state index is 12.1. The van der Waals surface area contributed by atoms with Gasteiger partial charge < -0.3 is 25.4 Å². The van der Waals surface area contributed by atoms with Gasteiger partial charge in [-0.2, -0.15) is 4.98 Å². The van der Waals surface area contributed by atoms with Crippen molar-refractivity contribution in [1.29, 1.82) is 0 Å². The molecule has 1 saturated carbocycles. The molecule has 3 rings (SSSR count). The van der Waals surface area contributed by atoms with Crippen LogP contribution >= 0.6 is 15.9 Å². The number of hydrogen-bond donors (Lipinski definition) is 3. The van der Waals surface area contributed by atoms with E-state index >= 15 is 0 Å². The van der Waals surface area contributed by atoms with E-state index in [2.05, 4.69) is 31.2 Å². The van der Waals surface area contributed by atoms with E-state index in [1.54, 1.807) is 0 Å². The van der Waals surface area contributed by atoms with E-state index in [-0.39, 0.29) is 59.6 Å². The van der Waals surface area contributed by atoms with Crippen molar-refractivity contribution in [3.8, 4) is 0 Å². The number of ether oxygens (including phenoxy) is 2. The third-order valence-electron chi connectivity index (χ3n) is 4.65. The zero-order valence-electron chi connectivity index (χ0n) is 14.3. The monoisotopic (exact) mass is 429 g/mol. The number of carbonyl (C=O) groups excluding carboxylic acids is 2. The zero-order chi connectivity index (χ0) is 19.0. The summed E-state index contributed by atoms with van der Waals surface area (Å²) >= 11 is 3.50. The fraction of sp³-hybridized carbons (Fsp3) is 0.600. The number of H-pyrrole nitrogens is 1. The number of hydrogen-bond acceptors (Lipinski definition) is 9. The molecule has 4 atom stereocenters. The van der Waals surface area contributed by atoms with Gasteiger partial charge in [0.15, 0.2) is 10.9 Å². The lowest BCUT2D eigenvalue weighted by atomic mass is 9.69. The first kappa shape index (κ1) is 18.5. The van der Waals surface area contributed by atoms with Gasteiger partial charge >= 0.3 is 11.9 Å². The number of aromatic nitrogens is 2. The zero-order valence-corrected chi connectivity index (χ0v) is 15.9. The second kappa shape index (κ2) is 7.14. The van der Waals surface area contributed by atoms with E-state index < -0.39 is 0 Å². The summed E-state index contributed by atoms with van der Waals surface area (Å²) in [6.07, 6.45) is 0.691. The van der Waals surface area contributed by atoms with E-state index in [0.717, 1.165) is 0 Å². The number of rotatable bonds is 5. The van der Waals surface area contributed by atoms with Crippen LogP contribution in [0.1, 0.15) is 20.3 Å². The number of nitrogens with zero attached hydrogens (tertiary/aromatic N) is 2. The highest BCUT2D eigenvalue weighted by Crippen LogP contribution is 2.45. The Bertz CT molecular complexity index is 784. The molecule has 2 aliphatic rings. The van der Waals surface area contributed by atoms with Crippen LogP contribution in [0, 0.1) is 11.8 Å². The molecule has 0 saturated heterocycles. The van der Waals surface area contributed by atoms with Crippen LogP contribution in [0.3, 0.4) is 0 Å². The van der Waals surface area contributed by atoms with Crippen LogP contribution in [0.25, 0.3) is 0 Å². The van der Waals surface area contributed by atoms with E-state index in [1.807, 2.05) is 4.90 Å². The van der Waals surface area contributed by atoms with Gasteiger partial charge in [0.2, 0.25) is 5.95 Å². The Balaban J connectivity index is 1.82. The molecule has 10 nitrogen and oxygen atoms in total. The molecule has 0 aromatic carbocycles. The molecule has 1 aliphatic heterocycles. The minimum Gasteiger partial charge on any atom is -0.466 e. The van der Waals surface area contributed by atoms with Crippen molar-refractivity contribution in [2.75, 3.05) is 29.2 Å². The van der Waals surface area contributed by atoms with Crippen LogP contribution in [0.15, 0.2) is 4.79 Å². The summed E-state index contributed by atoms with van der Waals surface area (Å²) in [6.45, 7) is 3.14. The molecule has 1 aromatic heterocycles. The van der Waals surface area contributed by atoms with Gasteiger partial charge in [0.1, 0.15) is 5.69 Å². The summed E-state index contributed by atoms with van der Waals surface area (Å²) in [5, 5.41) is 2.68. The predicted octanol–water partition coefficient (Wildman–Crippen LogP) is 0.393. The molecule has 11 heteroatoms. The van der Waals surface area contributed by atoms with Crippen LogP contribution in [0.2, 0.25) is 0 Å². The molecule has 2 heterocycles. The number of carbonyl (C=O) groups is 2. The van der Waals surface area contributed by atoms with Gasteiger partial charge in [0.05, 0.1) is 13.2 Å². The first-order valence-corrected chi connectivity index (χ1v) is 9.05. The first-order chi connectivity index (χ1) is 12.3. The number of nitrogens with one attached hydrogen (secondary N) is 2. The lowest BCUT2D eigenvalue weighted by Gasteiger charge is -2.49. The molecule has 0 bridgehead atoms. The highest BCUT2D eigenvalue weighted by atomic mass is 79.9. The summed E-state index contributed by atoms with van der Waals surface area (Å²) in [7, 11) is 0. The number of aromatic amines is 1. The SMILES string of the molecule is CC(=O)OCC1CC(N2c3nc(N)[nH]c(=O)c3NC2Br)C1COC(C)=O. The van der Waals surface area contributed by atoms with Crippen molar-refractivity contribution in [3.05, 3.63) is 10.4 Å². The van der Waals surface area contributed by atoms with E-state index in [1.165, 1.54) is 13.8 Å². The van der Waals surface area contributed by atoms with Crippen molar-refractivity contribution < 1.29 is 19.1 Å². The Morgan fingerprint density at radius 3 is 2.62 bits per heavy atom. The number of nitrogens with two attached hydrogens (primary N) is 1. The fourth-order valence-corrected chi connectivity index (χ4v) is 4.12. The minimum absolute atomic E-state index is 0.0227. The summed E-state index contributed by atoms with van der Waals surface area (Å²) in [6, 6.07) is -0.0678. The maximum absolute atomic E-state index is 12.1. The molecule has 4 N–H and O–H groups in total. The Kier molecular flexibility index (Phi) is 5.08. The van der Waals surface area contributed by atoms with Crippen molar-refractivity contribution in [2.45, 2.75) is 31.4 Å². The number of alkyl halides is 1. The first-order valence-electron chi connectivity index (χ1n) is 8.13. The van der Waals surface area contributed by atoms with E-state index in [0.29, 0.717) is 17.9 Å². The van der Waals surface area contributed by atoms with Crippen molar-refractivity contribution >= 4 is 45.3 Å². The highest BCUT2D eigenvalue weighted by molar-refractivity contribution is 9.09. The topological polar surface area (TPSA) is 140 Å². The Hall–Kier alpha value is -2.30.